The Morgan fingerprint density at radius 2 is 2.24 bits per heavy atom. The van der Waals surface area contributed by atoms with Crippen molar-refractivity contribution in [2.75, 3.05) is 25.6 Å². The zero-order valence-electron chi connectivity index (χ0n) is 9.01. The Morgan fingerprint density at radius 1 is 1.47 bits per heavy atom. The fourth-order valence-electron chi connectivity index (χ4n) is 1.20. The molecule has 1 N–H and O–H groups in total. The van der Waals surface area contributed by atoms with Gasteiger partial charge in [-0.3, -0.25) is 4.79 Å². The maximum Gasteiger partial charge on any atom is 0.255 e. The van der Waals surface area contributed by atoms with Crippen LogP contribution in [-0.4, -0.2) is 31.5 Å². The summed E-state index contributed by atoms with van der Waals surface area (Å²) < 4.78 is 18.9. The standard InChI is InChI=1S/C11H12BrClFNO2/c12-8-2-1-3-9(14)10(8)11(16)15-5-7-17-6-4-13/h1-3H,4-7H2,(H,15,16). The Hall–Kier alpha value is -0.650. The van der Waals surface area contributed by atoms with E-state index in [1.807, 2.05) is 0 Å². The van der Waals surface area contributed by atoms with Crippen LogP contribution < -0.4 is 5.32 Å². The molecule has 1 amide bonds. The van der Waals surface area contributed by atoms with Crippen molar-refractivity contribution in [3.63, 3.8) is 0 Å². The second-order valence-corrected chi connectivity index (χ2v) is 4.39. The minimum absolute atomic E-state index is 0.00448. The molecule has 0 aliphatic carbocycles. The molecule has 0 aliphatic heterocycles. The highest BCUT2D eigenvalue weighted by Crippen LogP contribution is 2.19. The molecule has 17 heavy (non-hydrogen) atoms. The summed E-state index contributed by atoms with van der Waals surface area (Å²) >= 11 is 8.54. The molecule has 0 spiro atoms. The minimum Gasteiger partial charge on any atom is -0.378 e. The van der Waals surface area contributed by atoms with Crippen molar-refractivity contribution in [1.82, 2.24) is 5.32 Å². The van der Waals surface area contributed by atoms with E-state index in [0.29, 0.717) is 30.1 Å². The van der Waals surface area contributed by atoms with Crippen molar-refractivity contribution >= 4 is 33.4 Å². The van der Waals surface area contributed by atoms with Gasteiger partial charge in [0, 0.05) is 16.9 Å². The summed E-state index contributed by atoms with van der Waals surface area (Å²) in [6.45, 7) is 1.10. The second kappa shape index (κ2) is 7.63. The minimum atomic E-state index is -0.557. The molecule has 0 aromatic heterocycles. The van der Waals surface area contributed by atoms with Crippen LogP contribution in [0.5, 0.6) is 0 Å². The molecule has 1 aromatic carbocycles. The van der Waals surface area contributed by atoms with Crippen molar-refractivity contribution in [3.05, 3.63) is 34.1 Å². The van der Waals surface area contributed by atoms with Crippen molar-refractivity contribution in [3.8, 4) is 0 Å². The van der Waals surface area contributed by atoms with Gasteiger partial charge >= 0.3 is 0 Å². The number of carbonyl (C=O) groups excluding carboxylic acids is 1. The van der Waals surface area contributed by atoms with Crippen LogP contribution >= 0.6 is 27.5 Å². The van der Waals surface area contributed by atoms with Crippen LogP contribution in [0, 0.1) is 5.82 Å². The summed E-state index contributed by atoms with van der Waals surface area (Å²) in [6, 6.07) is 4.38. The van der Waals surface area contributed by atoms with E-state index in [4.69, 9.17) is 16.3 Å². The molecule has 0 fully saturated rings. The molecule has 0 heterocycles. The third-order valence-corrected chi connectivity index (χ3v) is 2.76. The summed E-state index contributed by atoms with van der Waals surface area (Å²) in [4.78, 5) is 11.7. The van der Waals surface area contributed by atoms with Crippen molar-refractivity contribution in [1.29, 1.82) is 0 Å². The monoisotopic (exact) mass is 323 g/mol. The number of nitrogens with one attached hydrogen (secondary N) is 1. The lowest BCUT2D eigenvalue weighted by molar-refractivity contribution is 0.0919. The van der Waals surface area contributed by atoms with Crippen molar-refractivity contribution < 1.29 is 13.9 Å². The average molecular weight is 325 g/mol. The molecule has 6 heteroatoms. The Bertz CT molecular complexity index is 369. The fraction of sp³-hybridized carbons (Fsp3) is 0.364. The number of ether oxygens (including phenoxy) is 1. The quantitative estimate of drug-likeness (QED) is 0.645. The predicted octanol–water partition coefficient (Wildman–Crippen LogP) is 2.57. The Balaban J connectivity index is 2.47. The summed E-state index contributed by atoms with van der Waals surface area (Å²) in [5.74, 6) is -0.615. The van der Waals surface area contributed by atoms with Gasteiger partial charge in [-0.05, 0) is 28.1 Å². The molecule has 0 unspecified atom stereocenters. The summed E-state index contributed by atoms with van der Waals surface area (Å²) in [7, 11) is 0. The molecule has 94 valence electrons. The van der Waals surface area contributed by atoms with E-state index in [1.54, 1.807) is 6.07 Å². The summed E-state index contributed by atoms with van der Waals surface area (Å²) in [5, 5.41) is 2.56. The number of rotatable bonds is 6. The molecular formula is C11H12BrClFNO2. The topological polar surface area (TPSA) is 38.3 Å². The highest BCUT2D eigenvalue weighted by atomic mass is 79.9. The van der Waals surface area contributed by atoms with Crippen LogP contribution in [0.4, 0.5) is 4.39 Å². The smallest absolute Gasteiger partial charge is 0.255 e. The molecule has 0 aliphatic rings. The lowest BCUT2D eigenvalue weighted by atomic mass is 10.2. The van der Waals surface area contributed by atoms with Gasteiger partial charge in [0.05, 0.1) is 18.8 Å². The highest BCUT2D eigenvalue weighted by Gasteiger charge is 2.14. The van der Waals surface area contributed by atoms with Gasteiger partial charge in [-0.15, -0.1) is 11.6 Å². The van der Waals surface area contributed by atoms with Crippen molar-refractivity contribution in [2.45, 2.75) is 0 Å². The van der Waals surface area contributed by atoms with Gasteiger partial charge in [0.1, 0.15) is 5.82 Å². The molecule has 0 saturated heterocycles. The first kappa shape index (κ1) is 14.4. The molecule has 0 bridgehead atoms. The normalized spacial score (nSPS) is 10.3. The van der Waals surface area contributed by atoms with Gasteiger partial charge in [0.2, 0.25) is 0 Å². The van der Waals surface area contributed by atoms with E-state index >= 15 is 0 Å². The second-order valence-electron chi connectivity index (χ2n) is 3.15. The van der Waals surface area contributed by atoms with Crippen LogP contribution in [0.2, 0.25) is 0 Å². The Kier molecular flexibility index (Phi) is 6.47. The molecule has 3 nitrogen and oxygen atoms in total. The van der Waals surface area contributed by atoms with Crippen LogP contribution in [0.25, 0.3) is 0 Å². The zero-order chi connectivity index (χ0) is 12.7. The average Bonchev–Trinajstić information content (AvgIpc) is 2.28. The molecule has 1 aromatic rings. The molecule has 0 atom stereocenters. The maximum atomic E-state index is 13.4. The van der Waals surface area contributed by atoms with Gasteiger partial charge in [0.25, 0.3) is 5.91 Å². The number of hydrogen-bond acceptors (Lipinski definition) is 2. The number of benzene rings is 1. The Labute approximate surface area is 112 Å². The van der Waals surface area contributed by atoms with E-state index in [-0.39, 0.29) is 5.56 Å². The van der Waals surface area contributed by atoms with E-state index in [1.165, 1.54) is 12.1 Å². The Morgan fingerprint density at radius 3 is 2.88 bits per heavy atom. The third kappa shape index (κ3) is 4.61. The van der Waals surface area contributed by atoms with E-state index < -0.39 is 11.7 Å². The lowest BCUT2D eigenvalue weighted by Crippen LogP contribution is -2.28. The third-order valence-electron chi connectivity index (χ3n) is 1.94. The first-order valence-electron chi connectivity index (χ1n) is 5.02. The first-order valence-corrected chi connectivity index (χ1v) is 6.35. The van der Waals surface area contributed by atoms with E-state index in [9.17, 15) is 9.18 Å². The molecule has 1 rings (SSSR count). The van der Waals surface area contributed by atoms with Gasteiger partial charge in [-0.25, -0.2) is 4.39 Å². The lowest BCUT2D eigenvalue weighted by Gasteiger charge is -2.07. The first-order chi connectivity index (χ1) is 8.16. The van der Waals surface area contributed by atoms with E-state index in [0.717, 1.165) is 0 Å². The SMILES string of the molecule is O=C(NCCOCCCl)c1c(F)cccc1Br. The number of carbonyl (C=O) groups is 1. The molecular weight excluding hydrogens is 312 g/mol. The number of amides is 1. The number of alkyl halides is 1. The van der Waals surface area contributed by atoms with Crippen molar-refractivity contribution in [2.24, 2.45) is 0 Å². The van der Waals surface area contributed by atoms with Gasteiger partial charge in [0.15, 0.2) is 0 Å². The fourth-order valence-corrected chi connectivity index (χ4v) is 1.83. The van der Waals surface area contributed by atoms with Crippen LogP contribution in [-0.2, 0) is 4.74 Å². The van der Waals surface area contributed by atoms with Crippen LogP contribution in [0.3, 0.4) is 0 Å². The van der Waals surface area contributed by atoms with E-state index in [2.05, 4.69) is 21.2 Å². The largest absolute Gasteiger partial charge is 0.378 e. The zero-order valence-corrected chi connectivity index (χ0v) is 11.4. The van der Waals surface area contributed by atoms with Crippen LogP contribution in [0.1, 0.15) is 10.4 Å². The van der Waals surface area contributed by atoms with Gasteiger partial charge in [-0.2, -0.15) is 0 Å². The van der Waals surface area contributed by atoms with Gasteiger partial charge < -0.3 is 10.1 Å². The maximum absolute atomic E-state index is 13.4. The van der Waals surface area contributed by atoms with Crippen LogP contribution in [0.15, 0.2) is 22.7 Å². The summed E-state index contributed by atoms with van der Waals surface area (Å²) in [5.41, 5.74) is 0.00448. The molecule has 0 saturated carbocycles. The highest BCUT2D eigenvalue weighted by molar-refractivity contribution is 9.10. The number of hydrogen-bond donors (Lipinski definition) is 1. The summed E-state index contributed by atoms with van der Waals surface area (Å²) in [6.07, 6.45) is 0. The van der Waals surface area contributed by atoms with Gasteiger partial charge in [-0.1, -0.05) is 6.07 Å². The predicted molar refractivity (Wildman–Crippen MR) is 68.0 cm³/mol. The molecule has 0 radical (unpaired) electrons. The number of halogens is 3.